The maximum Gasteiger partial charge on any atom is 0.303 e. The van der Waals surface area contributed by atoms with Crippen LogP contribution in [-0.2, 0) is 4.79 Å². The highest BCUT2D eigenvalue weighted by Crippen LogP contribution is 2.25. The van der Waals surface area contributed by atoms with Crippen molar-refractivity contribution in [2.75, 3.05) is 11.9 Å². The number of anilines is 1. The maximum absolute atomic E-state index is 10.6. The van der Waals surface area contributed by atoms with Gasteiger partial charge in [-0.05, 0) is 31.9 Å². The number of ether oxygens (including phenoxy) is 1. The third-order valence-electron chi connectivity index (χ3n) is 2.41. The molecule has 1 aromatic rings. The number of rotatable bonds is 7. The largest absolute Gasteiger partial charge is 0.489 e. The van der Waals surface area contributed by atoms with Crippen LogP contribution in [0.5, 0.6) is 5.75 Å². The van der Waals surface area contributed by atoms with Crippen molar-refractivity contribution in [2.24, 2.45) is 5.92 Å². The molecule has 0 saturated carbocycles. The van der Waals surface area contributed by atoms with Crippen molar-refractivity contribution < 1.29 is 14.6 Å². The van der Waals surface area contributed by atoms with E-state index in [2.05, 4.69) is 5.32 Å². The Hall–Kier alpha value is -1.71. The van der Waals surface area contributed by atoms with E-state index in [4.69, 9.17) is 9.84 Å². The van der Waals surface area contributed by atoms with Crippen LogP contribution < -0.4 is 10.1 Å². The van der Waals surface area contributed by atoms with Crippen LogP contribution in [0.15, 0.2) is 24.3 Å². The first-order valence-corrected chi connectivity index (χ1v) is 6.20. The lowest BCUT2D eigenvalue weighted by Crippen LogP contribution is -2.16. The van der Waals surface area contributed by atoms with Gasteiger partial charge in [-0.15, -0.1) is 0 Å². The van der Waals surface area contributed by atoms with E-state index >= 15 is 0 Å². The van der Waals surface area contributed by atoms with Gasteiger partial charge >= 0.3 is 5.97 Å². The van der Waals surface area contributed by atoms with Gasteiger partial charge in [-0.3, -0.25) is 4.79 Å². The number of carbonyl (C=O) groups is 1. The van der Waals surface area contributed by atoms with Gasteiger partial charge in [0.2, 0.25) is 0 Å². The number of hydrogen-bond donors (Lipinski definition) is 2. The molecule has 18 heavy (non-hydrogen) atoms. The number of hydrogen-bond acceptors (Lipinski definition) is 3. The number of carboxylic acids is 1. The average Bonchev–Trinajstić information content (AvgIpc) is 2.26. The van der Waals surface area contributed by atoms with Crippen molar-refractivity contribution in [3.05, 3.63) is 24.3 Å². The minimum atomic E-state index is -0.768. The zero-order valence-electron chi connectivity index (χ0n) is 11.1. The molecule has 1 aromatic carbocycles. The molecule has 0 fully saturated rings. The molecule has 0 bridgehead atoms. The van der Waals surface area contributed by atoms with Gasteiger partial charge in [0, 0.05) is 13.0 Å². The smallest absolute Gasteiger partial charge is 0.303 e. The lowest BCUT2D eigenvalue weighted by molar-refractivity contribution is -0.137. The van der Waals surface area contributed by atoms with Gasteiger partial charge < -0.3 is 15.2 Å². The average molecular weight is 251 g/mol. The van der Waals surface area contributed by atoms with Crippen LogP contribution in [0.2, 0.25) is 0 Å². The number of nitrogens with one attached hydrogen (secondary N) is 1. The van der Waals surface area contributed by atoms with Gasteiger partial charge in [0.1, 0.15) is 5.75 Å². The summed E-state index contributed by atoms with van der Waals surface area (Å²) < 4.78 is 5.68. The molecular formula is C14H21NO3. The van der Waals surface area contributed by atoms with Crippen molar-refractivity contribution >= 4 is 11.7 Å². The molecule has 100 valence electrons. The topological polar surface area (TPSA) is 58.6 Å². The van der Waals surface area contributed by atoms with E-state index in [9.17, 15) is 4.79 Å². The second-order valence-electron chi connectivity index (χ2n) is 4.75. The summed E-state index contributed by atoms with van der Waals surface area (Å²) in [6.07, 6.45) is 0.282. The Labute approximate surface area is 108 Å². The Morgan fingerprint density at radius 3 is 2.61 bits per heavy atom. The minimum absolute atomic E-state index is 0.0783. The molecular weight excluding hydrogens is 230 g/mol. The molecule has 4 nitrogen and oxygen atoms in total. The highest BCUT2D eigenvalue weighted by molar-refractivity contribution is 5.67. The van der Waals surface area contributed by atoms with Gasteiger partial charge in [0.15, 0.2) is 0 Å². The quantitative estimate of drug-likeness (QED) is 0.782. The Kier molecular flexibility index (Phi) is 5.49. The Balaban J connectivity index is 2.58. The van der Waals surface area contributed by atoms with Gasteiger partial charge in [-0.25, -0.2) is 0 Å². The molecule has 4 heteroatoms. The summed E-state index contributed by atoms with van der Waals surface area (Å²) in [6, 6.07) is 7.69. The fraction of sp³-hybridized carbons (Fsp3) is 0.500. The standard InChI is InChI=1S/C14H21NO3/c1-10(2)18-13-7-5-4-6-12(13)15-9-11(3)8-14(16)17/h4-7,10-11,15H,8-9H2,1-3H3,(H,16,17). The highest BCUT2D eigenvalue weighted by atomic mass is 16.5. The Morgan fingerprint density at radius 2 is 2.00 bits per heavy atom. The summed E-state index contributed by atoms with van der Waals surface area (Å²) in [6.45, 7) is 6.48. The number of para-hydroxylation sites is 2. The predicted molar refractivity (Wildman–Crippen MR) is 72.1 cm³/mol. The lowest BCUT2D eigenvalue weighted by atomic mass is 10.1. The van der Waals surface area contributed by atoms with E-state index in [0.29, 0.717) is 6.54 Å². The van der Waals surface area contributed by atoms with Crippen LogP contribution in [0.3, 0.4) is 0 Å². The number of aliphatic carboxylic acids is 1. The van der Waals surface area contributed by atoms with Crippen LogP contribution in [0.25, 0.3) is 0 Å². The number of carboxylic acid groups (broad SMARTS) is 1. The molecule has 0 spiro atoms. The fourth-order valence-electron chi connectivity index (χ4n) is 1.62. The van der Waals surface area contributed by atoms with Crippen molar-refractivity contribution in [3.8, 4) is 5.75 Å². The van der Waals surface area contributed by atoms with Gasteiger partial charge in [0.25, 0.3) is 0 Å². The molecule has 1 unspecified atom stereocenters. The molecule has 2 N–H and O–H groups in total. The van der Waals surface area contributed by atoms with Crippen molar-refractivity contribution in [1.82, 2.24) is 0 Å². The zero-order valence-corrected chi connectivity index (χ0v) is 11.1. The third-order valence-corrected chi connectivity index (χ3v) is 2.41. The second-order valence-corrected chi connectivity index (χ2v) is 4.75. The molecule has 0 saturated heterocycles. The first kappa shape index (κ1) is 14.4. The van der Waals surface area contributed by atoms with E-state index in [1.54, 1.807) is 0 Å². The molecule has 0 aliphatic rings. The molecule has 0 amide bonds. The second kappa shape index (κ2) is 6.89. The molecule has 0 aliphatic carbocycles. The summed E-state index contributed by atoms with van der Waals surface area (Å²) in [5, 5.41) is 11.9. The molecule has 0 radical (unpaired) electrons. The summed E-state index contributed by atoms with van der Waals surface area (Å²) in [5.74, 6) is 0.112. The Morgan fingerprint density at radius 1 is 1.33 bits per heavy atom. The van der Waals surface area contributed by atoms with Gasteiger partial charge in [0.05, 0.1) is 11.8 Å². The van der Waals surface area contributed by atoms with Crippen LogP contribution in [-0.4, -0.2) is 23.7 Å². The lowest BCUT2D eigenvalue weighted by Gasteiger charge is -2.17. The van der Waals surface area contributed by atoms with Crippen LogP contribution in [0.1, 0.15) is 27.2 Å². The molecule has 0 heterocycles. The SMILES string of the molecule is CC(CNc1ccccc1OC(C)C)CC(=O)O. The first-order chi connectivity index (χ1) is 8.49. The monoisotopic (exact) mass is 251 g/mol. The maximum atomic E-state index is 10.6. The van der Waals surface area contributed by atoms with Crippen molar-refractivity contribution in [3.63, 3.8) is 0 Å². The van der Waals surface area contributed by atoms with Crippen molar-refractivity contribution in [2.45, 2.75) is 33.3 Å². The van der Waals surface area contributed by atoms with Crippen LogP contribution in [0, 0.1) is 5.92 Å². The summed E-state index contributed by atoms with van der Waals surface area (Å²) in [7, 11) is 0. The normalized spacial score (nSPS) is 12.2. The van der Waals surface area contributed by atoms with E-state index < -0.39 is 5.97 Å². The minimum Gasteiger partial charge on any atom is -0.489 e. The van der Waals surface area contributed by atoms with E-state index in [0.717, 1.165) is 11.4 Å². The first-order valence-electron chi connectivity index (χ1n) is 6.20. The molecule has 0 aliphatic heterocycles. The molecule has 0 aromatic heterocycles. The predicted octanol–water partition coefficient (Wildman–Crippen LogP) is 3.00. The fourth-order valence-corrected chi connectivity index (χ4v) is 1.62. The highest BCUT2D eigenvalue weighted by Gasteiger charge is 2.09. The zero-order chi connectivity index (χ0) is 13.5. The van der Waals surface area contributed by atoms with Crippen molar-refractivity contribution in [1.29, 1.82) is 0 Å². The van der Waals surface area contributed by atoms with Gasteiger partial charge in [-0.2, -0.15) is 0 Å². The van der Waals surface area contributed by atoms with E-state index in [1.807, 2.05) is 45.0 Å². The van der Waals surface area contributed by atoms with Crippen LogP contribution in [0.4, 0.5) is 5.69 Å². The van der Waals surface area contributed by atoms with Gasteiger partial charge in [-0.1, -0.05) is 19.1 Å². The summed E-state index contributed by atoms with van der Waals surface area (Å²) in [4.78, 5) is 10.6. The molecule has 1 rings (SSSR count). The Bertz CT molecular complexity index is 390. The number of benzene rings is 1. The van der Waals surface area contributed by atoms with E-state index in [1.165, 1.54) is 0 Å². The third kappa shape index (κ3) is 5.08. The van der Waals surface area contributed by atoms with Crippen LogP contribution >= 0.6 is 0 Å². The summed E-state index contributed by atoms with van der Waals surface area (Å²) >= 11 is 0. The summed E-state index contributed by atoms with van der Waals surface area (Å²) in [5.41, 5.74) is 0.906. The molecule has 1 atom stereocenters. The van der Waals surface area contributed by atoms with E-state index in [-0.39, 0.29) is 18.4 Å².